The van der Waals surface area contributed by atoms with Crippen molar-refractivity contribution >= 4 is 39.0 Å². The minimum atomic E-state index is 0.508. The molecule has 0 aliphatic rings. The van der Waals surface area contributed by atoms with E-state index < -0.39 is 0 Å². The average Bonchev–Trinajstić information content (AvgIpc) is 2.82. The van der Waals surface area contributed by atoms with Gasteiger partial charge in [-0.15, -0.1) is 11.3 Å². The Labute approximate surface area is 124 Å². The van der Waals surface area contributed by atoms with E-state index in [1.165, 1.54) is 10.5 Å². The van der Waals surface area contributed by atoms with Crippen LogP contribution < -0.4 is 5.32 Å². The number of hydrogen-bond donors (Lipinski definition) is 1. The topological polar surface area (TPSA) is 24.9 Å². The summed E-state index contributed by atoms with van der Waals surface area (Å²) in [5.41, 5.74) is 1.29. The number of thiazole rings is 1. The smallest absolute Gasteiger partial charge is 0.154 e. The fraction of sp³-hybridized carbons (Fsp3) is 0.308. The van der Waals surface area contributed by atoms with E-state index in [1.807, 2.05) is 11.6 Å². The van der Waals surface area contributed by atoms with Gasteiger partial charge in [0.25, 0.3) is 0 Å². The van der Waals surface area contributed by atoms with E-state index in [2.05, 4.69) is 58.3 Å². The molecule has 0 saturated heterocycles. The van der Waals surface area contributed by atoms with Gasteiger partial charge < -0.3 is 5.32 Å². The maximum atomic E-state index is 4.28. The molecule has 0 fully saturated rings. The highest BCUT2D eigenvalue weighted by molar-refractivity contribution is 9.10. The number of aromatic nitrogens is 1. The lowest BCUT2D eigenvalue weighted by atomic mass is 10.2. The number of benzene rings is 1. The molecule has 0 atom stereocenters. The molecule has 0 saturated carbocycles. The Morgan fingerprint density at radius 2 is 2.28 bits per heavy atom. The predicted molar refractivity (Wildman–Crippen MR) is 82.4 cm³/mol. The molecule has 0 unspecified atom stereocenters. The Bertz CT molecular complexity index is 498. The van der Waals surface area contributed by atoms with E-state index in [0.29, 0.717) is 6.04 Å². The summed E-state index contributed by atoms with van der Waals surface area (Å²) in [6, 6.07) is 6.99. The number of nitrogens with zero attached hydrogens (tertiary/aromatic N) is 1. The second-order valence-corrected chi connectivity index (χ2v) is 7.24. The molecule has 1 N–H and O–H groups in total. The first-order valence-electron chi connectivity index (χ1n) is 5.74. The lowest BCUT2D eigenvalue weighted by Gasteiger charge is -2.09. The van der Waals surface area contributed by atoms with Crippen LogP contribution in [0, 0.1) is 0 Å². The molecule has 2 rings (SSSR count). The molecule has 0 aliphatic heterocycles. The third-order valence-corrected chi connectivity index (χ3v) is 5.20. The summed E-state index contributed by atoms with van der Waals surface area (Å²) in [7, 11) is 0. The van der Waals surface area contributed by atoms with E-state index in [-0.39, 0.29) is 0 Å². The quantitative estimate of drug-likeness (QED) is 0.862. The first-order valence-corrected chi connectivity index (χ1v) is 8.23. The zero-order chi connectivity index (χ0) is 13.0. The van der Waals surface area contributed by atoms with Crippen LogP contribution in [0.25, 0.3) is 0 Å². The minimum Gasteiger partial charge on any atom is -0.310 e. The Morgan fingerprint density at radius 1 is 1.44 bits per heavy atom. The van der Waals surface area contributed by atoms with E-state index in [9.17, 15) is 0 Å². The molecule has 0 bridgehead atoms. The number of halogens is 1. The van der Waals surface area contributed by atoms with Crippen molar-refractivity contribution in [3.63, 3.8) is 0 Å². The van der Waals surface area contributed by atoms with Crippen LogP contribution in [-0.2, 0) is 6.54 Å². The molecule has 0 aliphatic carbocycles. The van der Waals surface area contributed by atoms with Gasteiger partial charge >= 0.3 is 0 Å². The van der Waals surface area contributed by atoms with Crippen LogP contribution in [0.5, 0.6) is 0 Å². The lowest BCUT2D eigenvalue weighted by Crippen LogP contribution is -2.21. The van der Waals surface area contributed by atoms with Crippen LogP contribution in [0.15, 0.2) is 43.5 Å². The van der Waals surface area contributed by atoms with Gasteiger partial charge in [-0.1, -0.05) is 31.7 Å². The van der Waals surface area contributed by atoms with Crippen molar-refractivity contribution in [3.05, 3.63) is 39.8 Å². The summed E-state index contributed by atoms with van der Waals surface area (Å²) in [6.07, 6.45) is 1.84. The Hall–Kier alpha value is -0.360. The fourth-order valence-corrected chi connectivity index (χ4v) is 3.67. The number of hydrogen-bond acceptors (Lipinski definition) is 4. The summed E-state index contributed by atoms with van der Waals surface area (Å²) >= 11 is 6.99. The Morgan fingerprint density at radius 3 is 2.89 bits per heavy atom. The van der Waals surface area contributed by atoms with Gasteiger partial charge in [-0.3, -0.25) is 0 Å². The molecule has 2 aromatic rings. The van der Waals surface area contributed by atoms with Crippen molar-refractivity contribution in [1.29, 1.82) is 0 Å². The third kappa shape index (κ3) is 4.09. The summed E-state index contributed by atoms with van der Waals surface area (Å²) in [4.78, 5) is 5.49. The van der Waals surface area contributed by atoms with Crippen molar-refractivity contribution in [2.45, 2.75) is 35.7 Å². The highest BCUT2D eigenvalue weighted by Gasteiger charge is 2.05. The van der Waals surface area contributed by atoms with Crippen molar-refractivity contribution in [2.75, 3.05) is 0 Å². The number of nitrogens with one attached hydrogen (secondary N) is 1. The monoisotopic (exact) mass is 342 g/mol. The van der Waals surface area contributed by atoms with Gasteiger partial charge in [0.15, 0.2) is 4.34 Å². The molecule has 1 aromatic carbocycles. The Kier molecular flexibility index (Phi) is 5.24. The van der Waals surface area contributed by atoms with Gasteiger partial charge in [-0.2, -0.15) is 0 Å². The van der Waals surface area contributed by atoms with Crippen molar-refractivity contribution in [2.24, 2.45) is 0 Å². The molecule has 96 valence electrons. The lowest BCUT2D eigenvalue weighted by molar-refractivity contribution is 0.588. The standard InChI is InChI=1S/C13H15BrN2S2/c1-9(2)16-8-10-3-4-12(11(14)7-10)18-13-15-5-6-17-13/h3-7,9,16H,8H2,1-2H3. The van der Waals surface area contributed by atoms with Crippen LogP contribution in [0.4, 0.5) is 0 Å². The fourth-order valence-electron chi connectivity index (χ4n) is 1.41. The van der Waals surface area contributed by atoms with Gasteiger partial charge in [0.1, 0.15) is 0 Å². The molecule has 0 spiro atoms. The summed E-state index contributed by atoms with van der Waals surface area (Å²) in [5.74, 6) is 0. The highest BCUT2D eigenvalue weighted by atomic mass is 79.9. The summed E-state index contributed by atoms with van der Waals surface area (Å²) in [6.45, 7) is 5.21. The summed E-state index contributed by atoms with van der Waals surface area (Å²) < 4.78 is 2.20. The van der Waals surface area contributed by atoms with Crippen LogP contribution in [0.2, 0.25) is 0 Å². The molecule has 0 amide bonds. The molecular weight excluding hydrogens is 328 g/mol. The first kappa shape index (κ1) is 14.1. The molecular formula is C13H15BrN2S2. The van der Waals surface area contributed by atoms with Gasteiger partial charge in [0.2, 0.25) is 0 Å². The van der Waals surface area contributed by atoms with Crippen LogP contribution in [0.3, 0.4) is 0 Å². The normalized spacial score (nSPS) is 11.1. The molecule has 0 radical (unpaired) electrons. The molecule has 1 heterocycles. The molecule has 1 aromatic heterocycles. The SMILES string of the molecule is CC(C)NCc1ccc(Sc2nccs2)c(Br)c1. The van der Waals surface area contributed by atoms with Gasteiger partial charge in [0.05, 0.1) is 0 Å². The predicted octanol–water partition coefficient (Wildman–Crippen LogP) is 4.55. The average molecular weight is 343 g/mol. The Balaban J connectivity index is 2.05. The van der Waals surface area contributed by atoms with E-state index in [0.717, 1.165) is 15.4 Å². The second kappa shape index (κ2) is 6.70. The third-order valence-electron chi connectivity index (χ3n) is 2.32. The molecule has 18 heavy (non-hydrogen) atoms. The van der Waals surface area contributed by atoms with Crippen LogP contribution >= 0.6 is 39.0 Å². The van der Waals surface area contributed by atoms with Crippen molar-refractivity contribution in [1.82, 2.24) is 10.3 Å². The highest BCUT2D eigenvalue weighted by Crippen LogP contribution is 2.34. The number of rotatable bonds is 5. The minimum absolute atomic E-state index is 0.508. The second-order valence-electron chi connectivity index (χ2n) is 4.20. The van der Waals surface area contributed by atoms with Gasteiger partial charge in [-0.05, 0) is 33.6 Å². The van der Waals surface area contributed by atoms with Crippen molar-refractivity contribution < 1.29 is 0 Å². The van der Waals surface area contributed by atoms with Gasteiger partial charge in [0, 0.05) is 33.5 Å². The van der Waals surface area contributed by atoms with Gasteiger partial charge in [-0.25, -0.2) is 4.98 Å². The van der Waals surface area contributed by atoms with E-state index in [1.54, 1.807) is 23.1 Å². The van der Waals surface area contributed by atoms with Crippen LogP contribution in [0.1, 0.15) is 19.4 Å². The summed E-state index contributed by atoms with van der Waals surface area (Å²) in [5, 5.41) is 5.41. The largest absolute Gasteiger partial charge is 0.310 e. The zero-order valence-electron chi connectivity index (χ0n) is 10.3. The zero-order valence-corrected chi connectivity index (χ0v) is 13.5. The first-order chi connectivity index (χ1) is 8.65. The van der Waals surface area contributed by atoms with E-state index >= 15 is 0 Å². The van der Waals surface area contributed by atoms with E-state index in [4.69, 9.17) is 0 Å². The molecule has 2 nitrogen and oxygen atoms in total. The molecule has 5 heteroatoms. The van der Waals surface area contributed by atoms with Crippen LogP contribution in [-0.4, -0.2) is 11.0 Å². The van der Waals surface area contributed by atoms with Crippen molar-refractivity contribution in [3.8, 4) is 0 Å². The maximum Gasteiger partial charge on any atom is 0.154 e. The maximum absolute atomic E-state index is 4.28.